The fraction of sp³-hybridized carbons (Fsp3) is 0.333. The van der Waals surface area contributed by atoms with Crippen molar-refractivity contribution >= 4 is 11.6 Å². The van der Waals surface area contributed by atoms with E-state index in [4.69, 9.17) is 16.3 Å². The van der Waals surface area contributed by atoms with Crippen molar-refractivity contribution in [2.45, 2.75) is 31.5 Å². The maximum absolute atomic E-state index is 6.10. The van der Waals surface area contributed by atoms with Crippen LogP contribution >= 0.6 is 11.6 Å². The predicted octanol–water partition coefficient (Wildman–Crippen LogP) is 4.00. The van der Waals surface area contributed by atoms with Crippen molar-refractivity contribution in [3.05, 3.63) is 70.7 Å². The van der Waals surface area contributed by atoms with Crippen molar-refractivity contribution in [1.29, 1.82) is 0 Å². The van der Waals surface area contributed by atoms with Gasteiger partial charge in [0.2, 0.25) is 0 Å². The molecule has 0 aromatic heterocycles. The minimum absolute atomic E-state index is 0.0919. The highest BCUT2D eigenvalue weighted by Crippen LogP contribution is 2.27. The highest BCUT2D eigenvalue weighted by Gasteiger charge is 2.28. The molecule has 2 aromatic rings. The zero-order valence-electron chi connectivity index (χ0n) is 12.1. The lowest BCUT2D eigenvalue weighted by molar-refractivity contribution is -0.0244. The molecule has 0 saturated carbocycles. The summed E-state index contributed by atoms with van der Waals surface area (Å²) in [6.07, 6.45) is 1.09. The summed E-state index contributed by atoms with van der Waals surface area (Å²) in [7, 11) is 0. The van der Waals surface area contributed by atoms with Crippen LogP contribution in [0, 0.1) is 0 Å². The van der Waals surface area contributed by atoms with Crippen LogP contribution in [0.5, 0.6) is 0 Å². The molecule has 3 rings (SSSR count). The van der Waals surface area contributed by atoms with Gasteiger partial charge in [-0.25, -0.2) is 0 Å². The van der Waals surface area contributed by atoms with Gasteiger partial charge >= 0.3 is 0 Å². The van der Waals surface area contributed by atoms with Crippen LogP contribution in [0.4, 0.5) is 0 Å². The largest absolute Gasteiger partial charge is 0.370 e. The molecular weight excluding hydrogens is 282 g/mol. The van der Waals surface area contributed by atoms with Gasteiger partial charge in [0.1, 0.15) is 0 Å². The second-order valence-corrected chi connectivity index (χ2v) is 6.08. The van der Waals surface area contributed by atoms with Crippen LogP contribution in [0.25, 0.3) is 0 Å². The molecule has 1 aliphatic rings. The van der Waals surface area contributed by atoms with Crippen molar-refractivity contribution in [2.75, 3.05) is 6.61 Å². The van der Waals surface area contributed by atoms with E-state index in [1.807, 2.05) is 30.3 Å². The zero-order chi connectivity index (χ0) is 14.7. The Bertz CT molecular complexity index is 570. The lowest BCUT2D eigenvalue weighted by Crippen LogP contribution is -2.49. The van der Waals surface area contributed by atoms with Gasteiger partial charge in [-0.05, 0) is 36.6 Å². The van der Waals surface area contributed by atoms with Crippen molar-refractivity contribution in [2.24, 2.45) is 0 Å². The number of hydrogen-bond acceptors (Lipinski definition) is 2. The fourth-order valence-corrected chi connectivity index (χ4v) is 3.05. The van der Waals surface area contributed by atoms with E-state index in [-0.39, 0.29) is 12.1 Å². The Morgan fingerprint density at radius 1 is 1.10 bits per heavy atom. The number of nitrogens with one attached hydrogen (secondary N) is 1. The molecule has 1 fully saturated rings. The number of ether oxygens (including phenoxy) is 1. The van der Waals surface area contributed by atoms with Crippen LogP contribution in [-0.2, 0) is 11.2 Å². The quantitative estimate of drug-likeness (QED) is 0.925. The number of hydrogen-bond donors (Lipinski definition) is 1. The number of halogens is 1. The maximum Gasteiger partial charge on any atom is 0.0975 e. The summed E-state index contributed by atoms with van der Waals surface area (Å²) in [6.45, 7) is 2.91. The van der Waals surface area contributed by atoms with Gasteiger partial charge in [0.15, 0.2) is 0 Å². The van der Waals surface area contributed by atoms with E-state index in [0.717, 1.165) is 18.1 Å². The van der Waals surface area contributed by atoms with Gasteiger partial charge in [-0.2, -0.15) is 0 Å². The van der Waals surface area contributed by atoms with E-state index < -0.39 is 0 Å². The van der Waals surface area contributed by atoms with Gasteiger partial charge in [-0.3, -0.25) is 0 Å². The van der Waals surface area contributed by atoms with E-state index in [2.05, 4.69) is 36.5 Å². The van der Waals surface area contributed by atoms with Gasteiger partial charge in [-0.1, -0.05) is 54.1 Å². The SMILES string of the molecule is CC1NC(Cc2ccccc2)COC1c1ccc(Cl)cc1. The molecule has 0 bridgehead atoms. The Kier molecular flexibility index (Phi) is 4.59. The average molecular weight is 302 g/mol. The first-order chi connectivity index (χ1) is 10.2. The molecular formula is C18H20ClNO. The summed E-state index contributed by atoms with van der Waals surface area (Å²) in [6, 6.07) is 19.1. The van der Waals surface area contributed by atoms with Crippen molar-refractivity contribution in [3.8, 4) is 0 Å². The normalized spacial score (nSPS) is 25.7. The summed E-state index contributed by atoms with van der Waals surface area (Å²) in [5, 5.41) is 4.43. The summed E-state index contributed by atoms with van der Waals surface area (Å²) in [5.41, 5.74) is 2.52. The van der Waals surface area contributed by atoms with Crippen LogP contribution in [0.15, 0.2) is 54.6 Å². The van der Waals surface area contributed by atoms with E-state index in [1.165, 1.54) is 11.1 Å². The highest BCUT2D eigenvalue weighted by atomic mass is 35.5. The predicted molar refractivity (Wildman–Crippen MR) is 86.7 cm³/mol. The second-order valence-electron chi connectivity index (χ2n) is 5.65. The fourth-order valence-electron chi connectivity index (χ4n) is 2.93. The van der Waals surface area contributed by atoms with Crippen molar-refractivity contribution < 1.29 is 4.74 Å². The van der Waals surface area contributed by atoms with E-state index >= 15 is 0 Å². The first kappa shape index (κ1) is 14.6. The third kappa shape index (κ3) is 3.65. The summed E-state index contributed by atoms with van der Waals surface area (Å²) in [5.74, 6) is 0. The maximum atomic E-state index is 6.10. The molecule has 1 heterocycles. The molecule has 0 aliphatic carbocycles. The standard InChI is InChI=1S/C18H20ClNO/c1-13-18(15-7-9-16(19)10-8-15)21-12-17(20-13)11-14-5-3-2-4-6-14/h2-10,13,17-18,20H,11-12H2,1H3. The third-order valence-electron chi connectivity index (χ3n) is 3.95. The monoisotopic (exact) mass is 301 g/mol. The van der Waals surface area contributed by atoms with Gasteiger partial charge in [-0.15, -0.1) is 0 Å². The van der Waals surface area contributed by atoms with Crippen LogP contribution in [0.1, 0.15) is 24.2 Å². The Morgan fingerprint density at radius 3 is 2.48 bits per heavy atom. The molecule has 2 aromatic carbocycles. The van der Waals surface area contributed by atoms with Crippen LogP contribution < -0.4 is 5.32 Å². The molecule has 3 atom stereocenters. The highest BCUT2D eigenvalue weighted by molar-refractivity contribution is 6.30. The molecule has 1 N–H and O–H groups in total. The molecule has 1 aliphatic heterocycles. The van der Waals surface area contributed by atoms with E-state index in [1.54, 1.807) is 0 Å². The first-order valence-corrected chi connectivity index (χ1v) is 7.77. The first-order valence-electron chi connectivity index (χ1n) is 7.39. The average Bonchev–Trinajstić information content (AvgIpc) is 2.50. The Balaban J connectivity index is 1.63. The Morgan fingerprint density at radius 2 is 1.81 bits per heavy atom. The molecule has 21 heavy (non-hydrogen) atoms. The zero-order valence-corrected chi connectivity index (χ0v) is 12.9. The van der Waals surface area contributed by atoms with E-state index in [9.17, 15) is 0 Å². The number of morpholine rings is 1. The van der Waals surface area contributed by atoms with Crippen molar-refractivity contribution in [1.82, 2.24) is 5.32 Å². The Hall–Kier alpha value is -1.35. The van der Waals surface area contributed by atoms with Gasteiger partial charge in [0.25, 0.3) is 0 Å². The van der Waals surface area contributed by atoms with Gasteiger partial charge in [0.05, 0.1) is 12.7 Å². The Labute approximate surface area is 131 Å². The van der Waals surface area contributed by atoms with Gasteiger partial charge < -0.3 is 10.1 Å². The molecule has 0 radical (unpaired) electrons. The number of rotatable bonds is 3. The van der Waals surface area contributed by atoms with Crippen LogP contribution in [0.3, 0.4) is 0 Å². The molecule has 2 nitrogen and oxygen atoms in total. The molecule has 3 heteroatoms. The summed E-state index contributed by atoms with van der Waals surface area (Å²) >= 11 is 5.94. The lowest BCUT2D eigenvalue weighted by atomic mass is 9.98. The molecule has 1 saturated heterocycles. The molecule has 3 unspecified atom stereocenters. The number of benzene rings is 2. The van der Waals surface area contributed by atoms with E-state index in [0.29, 0.717) is 6.04 Å². The smallest absolute Gasteiger partial charge is 0.0975 e. The second kappa shape index (κ2) is 6.61. The third-order valence-corrected chi connectivity index (χ3v) is 4.21. The van der Waals surface area contributed by atoms with Crippen LogP contribution in [0.2, 0.25) is 5.02 Å². The summed E-state index contributed by atoms with van der Waals surface area (Å²) < 4.78 is 6.10. The lowest BCUT2D eigenvalue weighted by Gasteiger charge is -2.36. The van der Waals surface area contributed by atoms with Crippen LogP contribution in [-0.4, -0.2) is 18.7 Å². The van der Waals surface area contributed by atoms with Gasteiger partial charge in [0, 0.05) is 17.1 Å². The molecule has 0 amide bonds. The van der Waals surface area contributed by atoms with Crippen molar-refractivity contribution in [3.63, 3.8) is 0 Å². The molecule has 0 spiro atoms. The topological polar surface area (TPSA) is 21.3 Å². The minimum atomic E-state index is 0.0919. The minimum Gasteiger partial charge on any atom is -0.370 e. The summed E-state index contributed by atoms with van der Waals surface area (Å²) in [4.78, 5) is 0. The molecule has 110 valence electrons.